The van der Waals surface area contributed by atoms with Crippen molar-refractivity contribution in [2.24, 2.45) is 5.16 Å². The van der Waals surface area contributed by atoms with Gasteiger partial charge in [0, 0.05) is 48.9 Å². The second-order valence-corrected chi connectivity index (χ2v) is 11.0. The third-order valence-corrected chi connectivity index (χ3v) is 8.49. The lowest BCUT2D eigenvalue weighted by Gasteiger charge is -2.34. The van der Waals surface area contributed by atoms with Crippen LogP contribution in [0.2, 0.25) is 5.02 Å². The molecular formula is C26H26ClN3O4S. The van der Waals surface area contributed by atoms with E-state index in [0.29, 0.717) is 37.7 Å². The number of rotatable bonds is 7. The summed E-state index contributed by atoms with van der Waals surface area (Å²) >= 11 is 5.88. The minimum absolute atomic E-state index is 0.0527. The topological polar surface area (TPSA) is 82.4 Å². The van der Waals surface area contributed by atoms with E-state index in [4.69, 9.17) is 16.4 Å². The fourth-order valence-electron chi connectivity index (χ4n) is 4.54. The quantitative estimate of drug-likeness (QED) is 0.384. The van der Waals surface area contributed by atoms with E-state index < -0.39 is 16.1 Å². The molecule has 1 N–H and O–H groups in total. The van der Waals surface area contributed by atoms with Crippen LogP contribution in [0.1, 0.15) is 11.1 Å². The van der Waals surface area contributed by atoms with Gasteiger partial charge in [-0.15, -0.1) is 0 Å². The Balaban J connectivity index is 1.15. The molecule has 7 nitrogen and oxygen atoms in total. The molecule has 2 aliphatic rings. The fourth-order valence-corrected chi connectivity index (χ4v) is 6.09. The third-order valence-electron chi connectivity index (χ3n) is 6.33. The molecule has 3 aromatic carbocycles. The van der Waals surface area contributed by atoms with Crippen LogP contribution >= 0.6 is 11.6 Å². The lowest BCUT2D eigenvalue weighted by molar-refractivity contribution is 0.0139. The van der Waals surface area contributed by atoms with E-state index in [1.165, 1.54) is 16.4 Å². The van der Waals surface area contributed by atoms with Crippen LogP contribution in [0.15, 0.2) is 82.8 Å². The second-order valence-electron chi connectivity index (χ2n) is 8.64. The van der Waals surface area contributed by atoms with Crippen molar-refractivity contribution in [1.29, 1.82) is 0 Å². The van der Waals surface area contributed by atoms with Gasteiger partial charge in [-0.3, -0.25) is 4.90 Å². The van der Waals surface area contributed by atoms with Crippen molar-refractivity contribution in [1.82, 2.24) is 9.21 Å². The first kappa shape index (κ1) is 24.0. The Morgan fingerprint density at radius 2 is 1.40 bits per heavy atom. The highest BCUT2D eigenvalue weighted by Gasteiger charge is 2.29. The number of nitrogens with zero attached hydrogens (tertiary/aromatic N) is 3. The normalized spacial score (nSPS) is 17.0. The first-order valence-corrected chi connectivity index (χ1v) is 13.3. The SMILES string of the molecule is O=S(=O)(c1ccc(Cl)cc1)N1CCN(CC(O)CON=C2c3ccccc3-c3ccccc32)CC1. The molecule has 1 aliphatic carbocycles. The molecule has 1 saturated heterocycles. The molecule has 0 spiro atoms. The van der Waals surface area contributed by atoms with Crippen LogP contribution in [0, 0.1) is 0 Å². The number of benzene rings is 3. The van der Waals surface area contributed by atoms with Crippen LogP contribution in [0.3, 0.4) is 0 Å². The summed E-state index contributed by atoms with van der Waals surface area (Å²) in [5.41, 5.74) is 5.04. The maximum absolute atomic E-state index is 12.9. The van der Waals surface area contributed by atoms with Gasteiger partial charge in [-0.1, -0.05) is 65.3 Å². The number of fused-ring (bicyclic) bond motifs is 3. The molecule has 1 unspecified atom stereocenters. The zero-order valence-corrected chi connectivity index (χ0v) is 20.6. The van der Waals surface area contributed by atoms with Gasteiger partial charge in [-0.05, 0) is 35.4 Å². The summed E-state index contributed by atoms with van der Waals surface area (Å²) in [6.07, 6.45) is -0.745. The molecule has 1 fully saturated rings. The van der Waals surface area contributed by atoms with Crippen molar-refractivity contribution in [3.8, 4) is 11.1 Å². The molecule has 1 atom stereocenters. The van der Waals surface area contributed by atoms with Gasteiger partial charge < -0.3 is 9.94 Å². The highest BCUT2D eigenvalue weighted by atomic mass is 35.5. The summed E-state index contributed by atoms with van der Waals surface area (Å²) in [5, 5.41) is 15.4. The average Bonchev–Trinajstić information content (AvgIpc) is 3.19. The molecular weight excluding hydrogens is 486 g/mol. The summed E-state index contributed by atoms with van der Waals surface area (Å²) in [6, 6.07) is 22.3. The van der Waals surface area contributed by atoms with Gasteiger partial charge in [0.05, 0.1) is 4.90 Å². The predicted molar refractivity (Wildman–Crippen MR) is 136 cm³/mol. The van der Waals surface area contributed by atoms with E-state index in [2.05, 4.69) is 17.3 Å². The Labute approximate surface area is 210 Å². The maximum Gasteiger partial charge on any atom is 0.243 e. The predicted octanol–water partition coefficient (Wildman–Crippen LogP) is 3.46. The lowest BCUT2D eigenvalue weighted by Crippen LogP contribution is -2.50. The zero-order chi connectivity index (χ0) is 24.4. The van der Waals surface area contributed by atoms with E-state index in [9.17, 15) is 13.5 Å². The number of oxime groups is 1. The van der Waals surface area contributed by atoms with Crippen molar-refractivity contribution >= 4 is 27.3 Å². The molecule has 5 rings (SSSR count). The van der Waals surface area contributed by atoms with E-state index in [1.807, 2.05) is 41.3 Å². The van der Waals surface area contributed by atoms with Gasteiger partial charge >= 0.3 is 0 Å². The summed E-state index contributed by atoms with van der Waals surface area (Å²) in [5.74, 6) is 0. The molecule has 0 radical (unpaired) electrons. The van der Waals surface area contributed by atoms with Gasteiger partial charge in [0.2, 0.25) is 10.0 Å². The maximum atomic E-state index is 12.9. The average molecular weight is 512 g/mol. The minimum atomic E-state index is -3.56. The van der Waals surface area contributed by atoms with E-state index in [1.54, 1.807) is 12.1 Å². The number of aliphatic hydroxyl groups is 1. The van der Waals surface area contributed by atoms with Gasteiger partial charge in [0.15, 0.2) is 0 Å². The Hall–Kier alpha value is -2.75. The van der Waals surface area contributed by atoms with E-state index in [0.717, 1.165) is 28.0 Å². The Morgan fingerprint density at radius 1 is 0.857 bits per heavy atom. The highest BCUT2D eigenvalue weighted by Crippen LogP contribution is 2.36. The highest BCUT2D eigenvalue weighted by molar-refractivity contribution is 7.89. The number of sulfonamides is 1. The number of halogens is 1. The standard InChI is InChI=1S/C26H26ClN3O4S/c27-19-9-11-21(12-10-19)35(32,33)30-15-13-29(14-16-30)17-20(31)18-34-28-26-24-7-3-1-5-22(24)23-6-2-4-8-25(23)26/h1-12,20,31H,13-18H2. The minimum Gasteiger partial charge on any atom is -0.392 e. The smallest absolute Gasteiger partial charge is 0.243 e. The van der Waals surface area contributed by atoms with Crippen LogP contribution in [0.25, 0.3) is 11.1 Å². The molecule has 35 heavy (non-hydrogen) atoms. The van der Waals surface area contributed by atoms with Crippen LogP contribution in [0.5, 0.6) is 0 Å². The molecule has 182 valence electrons. The third kappa shape index (κ3) is 4.98. The molecule has 9 heteroatoms. The molecule has 0 saturated carbocycles. The Morgan fingerprint density at radius 3 is 1.97 bits per heavy atom. The summed E-state index contributed by atoms with van der Waals surface area (Å²) in [6.45, 7) is 2.20. The second kappa shape index (κ2) is 10.1. The monoisotopic (exact) mass is 511 g/mol. The zero-order valence-electron chi connectivity index (χ0n) is 19.0. The molecule has 1 aliphatic heterocycles. The van der Waals surface area contributed by atoms with Gasteiger partial charge in [-0.2, -0.15) is 4.31 Å². The molecule has 0 bridgehead atoms. The molecule has 0 aromatic heterocycles. The van der Waals surface area contributed by atoms with Crippen molar-refractivity contribution in [3.05, 3.63) is 88.9 Å². The van der Waals surface area contributed by atoms with Crippen LogP contribution < -0.4 is 0 Å². The summed E-state index contributed by atoms with van der Waals surface area (Å²) < 4.78 is 27.2. The summed E-state index contributed by atoms with van der Waals surface area (Å²) in [7, 11) is -3.56. The van der Waals surface area contributed by atoms with Crippen molar-refractivity contribution in [2.45, 2.75) is 11.0 Å². The van der Waals surface area contributed by atoms with Gasteiger partial charge in [0.1, 0.15) is 18.4 Å². The molecule has 1 heterocycles. The number of β-amino-alcohol motifs (C(OH)–C–C–N with tert-alkyl or cyclic N) is 1. The lowest BCUT2D eigenvalue weighted by atomic mass is 10.1. The van der Waals surface area contributed by atoms with Crippen molar-refractivity contribution in [3.63, 3.8) is 0 Å². The Bertz CT molecular complexity index is 1290. The van der Waals surface area contributed by atoms with Crippen molar-refractivity contribution < 1.29 is 18.4 Å². The first-order chi connectivity index (χ1) is 16.9. The summed E-state index contributed by atoms with van der Waals surface area (Å²) in [4.78, 5) is 7.84. The van der Waals surface area contributed by atoms with Crippen LogP contribution in [0.4, 0.5) is 0 Å². The van der Waals surface area contributed by atoms with Crippen LogP contribution in [-0.4, -0.2) is 73.9 Å². The van der Waals surface area contributed by atoms with E-state index >= 15 is 0 Å². The molecule has 0 amide bonds. The van der Waals surface area contributed by atoms with Gasteiger partial charge in [-0.25, -0.2) is 8.42 Å². The number of piperazine rings is 1. The number of hydrogen-bond donors (Lipinski definition) is 1. The number of hydrogen-bond acceptors (Lipinski definition) is 6. The van der Waals surface area contributed by atoms with Crippen molar-refractivity contribution in [2.75, 3.05) is 39.3 Å². The van der Waals surface area contributed by atoms with E-state index in [-0.39, 0.29) is 11.5 Å². The molecule has 3 aromatic rings. The number of aliphatic hydroxyl groups excluding tert-OH is 1. The fraction of sp³-hybridized carbons (Fsp3) is 0.269. The van der Waals surface area contributed by atoms with Gasteiger partial charge in [0.25, 0.3) is 0 Å². The largest absolute Gasteiger partial charge is 0.392 e. The first-order valence-electron chi connectivity index (χ1n) is 11.5. The van der Waals surface area contributed by atoms with Crippen LogP contribution in [-0.2, 0) is 14.9 Å². The Kier molecular flexibility index (Phi) is 6.91.